The van der Waals surface area contributed by atoms with Crippen LogP contribution in [0.4, 0.5) is 5.69 Å². The largest absolute Gasteiger partial charge is 0.349 e. The number of hydrogen-bond acceptors (Lipinski definition) is 3. The first-order valence-electron chi connectivity index (χ1n) is 12.9. The Hall–Kier alpha value is -3.93. The minimum atomic E-state index is -0.0230. The Morgan fingerprint density at radius 3 is 2.44 bits per heavy atom. The summed E-state index contributed by atoms with van der Waals surface area (Å²) in [4.78, 5) is 33.5. The molecule has 2 amide bonds. The highest BCUT2D eigenvalue weighted by Crippen LogP contribution is 2.47. The molecule has 0 aliphatic heterocycles. The summed E-state index contributed by atoms with van der Waals surface area (Å²) in [6.45, 7) is 0. The van der Waals surface area contributed by atoms with Crippen LogP contribution in [0.2, 0.25) is 0 Å². The summed E-state index contributed by atoms with van der Waals surface area (Å²) < 4.78 is 0. The van der Waals surface area contributed by atoms with Crippen molar-refractivity contribution in [3.8, 4) is 11.4 Å². The van der Waals surface area contributed by atoms with E-state index >= 15 is 0 Å². The van der Waals surface area contributed by atoms with Crippen molar-refractivity contribution in [3.63, 3.8) is 0 Å². The molecule has 3 N–H and O–H groups in total. The number of fused-ring (bicyclic) bond motifs is 1. The van der Waals surface area contributed by atoms with Crippen LogP contribution in [0, 0.1) is 5.92 Å². The van der Waals surface area contributed by atoms with Crippen molar-refractivity contribution in [2.45, 2.75) is 50.5 Å². The average molecular weight is 479 g/mol. The minimum Gasteiger partial charge on any atom is -0.349 e. The monoisotopic (exact) mass is 478 g/mol. The number of amides is 2. The van der Waals surface area contributed by atoms with Gasteiger partial charge in [0.25, 0.3) is 5.91 Å². The molecule has 0 radical (unpaired) electrons. The molecule has 2 aliphatic rings. The number of aromatic nitrogens is 2. The fourth-order valence-electron chi connectivity index (χ4n) is 5.30. The summed E-state index contributed by atoms with van der Waals surface area (Å²) in [5.74, 6) is 1.13. The molecule has 2 saturated carbocycles. The quantitative estimate of drug-likeness (QED) is 0.316. The van der Waals surface area contributed by atoms with Crippen molar-refractivity contribution in [2.75, 3.05) is 5.32 Å². The first kappa shape index (κ1) is 22.5. The number of H-pyrrole nitrogens is 1. The summed E-state index contributed by atoms with van der Waals surface area (Å²) in [5, 5.41) is 6.22. The molecule has 1 heterocycles. The Labute approximate surface area is 210 Å². The summed E-state index contributed by atoms with van der Waals surface area (Å²) >= 11 is 0. The molecule has 0 bridgehead atoms. The van der Waals surface area contributed by atoms with Crippen LogP contribution in [0.5, 0.6) is 0 Å². The highest BCUT2D eigenvalue weighted by molar-refractivity contribution is 5.98. The van der Waals surface area contributed by atoms with Crippen LogP contribution < -0.4 is 10.6 Å². The normalized spacial score (nSPS) is 19.7. The van der Waals surface area contributed by atoms with Gasteiger partial charge in [0.05, 0.1) is 11.0 Å². The Bertz CT molecular complexity index is 1390. The van der Waals surface area contributed by atoms with E-state index in [1.807, 2.05) is 60.7 Å². The van der Waals surface area contributed by atoms with Crippen molar-refractivity contribution < 1.29 is 9.59 Å². The highest BCUT2D eigenvalue weighted by atomic mass is 16.2. The van der Waals surface area contributed by atoms with Crippen LogP contribution in [-0.4, -0.2) is 27.8 Å². The van der Waals surface area contributed by atoms with E-state index in [9.17, 15) is 9.59 Å². The molecule has 2 unspecified atom stereocenters. The smallest absolute Gasteiger partial charge is 0.251 e. The maximum Gasteiger partial charge on any atom is 0.251 e. The van der Waals surface area contributed by atoms with Gasteiger partial charge < -0.3 is 15.6 Å². The first-order valence-corrected chi connectivity index (χ1v) is 12.9. The van der Waals surface area contributed by atoms with E-state index in [2.05, 4.69) is 27.8 Å². The molecule has 3 aromatic carbocycles. The van der Waals surface area contributed by atoms with Gasteiger partial charge >= 0.3 is 0 Å². The van der Waals surface area contributed by atoms with E-state index in [1.54, 1.807) is 0 Å². The van der Waals surface area contributed by atoms with Gasteiger partial charge in [-0.05, 0) is 73.2 Å². The number of aromatic amines is 1. The van der Waals surface area contributed by atoms with Crippen molar-refractivity contribution in [1.29, 1.82) is 0 Å². The third-order valence-corrected chi connectivity index (χ3v) is 7.47. The SMILES string of the molecule is O=C(NC1CCCCC1)c1ccc2nc(-c3ccc(NC(=O)C4CC4c4ccccc4)cc3)[nH]c2c1. The van der Waals surface area contributed by atoms with Gasteiger partial charge in [0, 0.05) is 28.8 Å². The van der Waals surface area contributed by atoms with Crippen LogP contribution in [-0.2, 0) is 4.79 Å². The lowest BCUT2D eigenvalue weighted by atomic mass is 9.95. The summed E-state index contributed by atoms with van der Waals surface area (Å²) in [6, 6.07) is 23.8. The Morgan fingerprint density at radius 1 is 0.889 bits per heavy atom. The second-order valence-electron chi connectivity index (χ2n) is 10.1. The molecule has 4 aromatic rings. The van der Waals surface area contributed by atoms with Crippen LogP contribution in [0.25, 0.3) is 22.4 Å². The number of anilines is 1. The van der Waals surface area contributed by atoms with Gasteiger partial charge in [-0.2, -0.15) is 0 Å². The van der Waals surface area contributed by atoms with Gasteiger partial charge in [0.2, 0.25) is 5.91 Å². The lowest BCUT2D eigenvalue weighted by Gasteiger charge is -2.22. The third-order valence-electron chi connectivity index (χ3n) is 7.47. The molecule has 0 spiro atoms. The minimum absolute atomic E-state index is 0.0230. The molecule has 0 saturated heterocycles. The topological polar surface area (TPSA) is 86.9 Å². The molecular formula is C30H30N4O2. The van der Waals surface area contributed by atoms with Gasteiger partial charge in [-0.3, -0.25) is 9.59 Å². The lowest BCUT2D eigenvalue weighted by Crippen LogP contribution is -2.36. The first-order chi connectivity index (χ1) is 17.6. The van der Waals surface area contributed by atoms with E-state index in [0.717, 1.165) is 47.4 Å². The number of nitrogens with zero attached hydrogens (tertiary/aromatic N) is 1. The Morgan fingerprint density at radius 2 is 1.67 bits per heavy atom. The van der Waals surface area contributed by atoms with Gasteiger partial charge in [-0.1, -0.05) is 49.6 Å². The zero-order valence-corrected chi connectivity index (χ0v) is 20.2. The number of rotatable bonds is 6. The van der Waals surface area contributed by atoms with Crippen molar-refractivity contribution in [2.24, 2.45) is 5.92 Å². The summed E-state index contributed by atoms with van der Waals surface area (Å²) in [6.07, 6.45) is 6.65. The summed E-state index contributed by atoms with van der Waals surface area (Å²) in [5.41, 5.74) is 5.23. The second-order valence-corrected chi connectivity index (χ2v) is 10.1. The lowest BCUT2D eigenvalue weighted by molar-refractivity contribution is -0.117. The number of nitrogens with one attached hydrogen (secondary N) is 3. The third kappa shape index (κ3) is 4.76. The van der Waals surface area contributed by atoms with Gasteiger partial charge in [-0.15, -0.1) is 0 Å². The molecule has 182 valence electrons. The zero-order valence-electron chi connectivity index (χ0n) is 20.2. The molecule has 2 atom stereocenters. The van der Waals surface area contributed by atoms with Crippen LogP contribution in [0.1, 0.15) is 60.4 Å². The van der Waals surface area contributed by atoms with Crippen molar-refractivity contribution in [3.05, 3.63) is 83.9 Å². The highest BCUT2D eigenvalue weighted by Gasteiger charge is 2.43. The number of carbonyl (C=O) groups is 2. The maximum absolute atomic E-state index is 12.7. The fourth-order valence-corrected chi connectivity index (χ4v) is 5.30. The van der Waals surface area contributed by atoms with Gasteiger partial charge in [0.1, 0.15) is 5.82 Å². The molecule has 2 aliphatic carbocycles. The number of hydrogen-bond donors (Lipinski definition) is 3. The second kappa shape index (κ2) is 9.61. The van der Waals surface area contributed by atoms with E-state index in [1.165, 1.54) is 24.8 Å². The molecular weight excluding hydrogens is 448 g/mol. The molecule has 6 nitrogen and oxygen atoms in total. The predicted octanol–water partition coefficient (Wildman–Crippen LogP) is 6.03. The summed E-state index contributed by atoms with van der Waals surface area (Å²) in [7, 11) is 0. The van der Waals surface area contributed by atoms with Crippen LogP contribution in [0.3, 0.4) is 0 Å². The van der Waals surface area contributed by atoms with Crippen LogP contribution in [0.15, 0.2) is 72.8 Å². The fraction of sp³-hybridized carbons (Fsp3) is 0.300. The van der Waals surface area contributed by atoms with E-state index < -0.39 is 0 Å². The standard InChI is InChI=1S/C30H30N4O2/c35-29(31-22-9-5-2-6-10-22)21-13-16-26-27(17-21)34-28(33-26)20-11-14-23(15-12-20)32-30(36)25-18-24(25)19-7-3-1-4-8-19/h1,3-4,7-8,11-17,22,24-25H,2,5-6,9-10,18H2,(H,31,35)(H,32,36)(H,33,34). The average Bonchev–Trinajstić information content (AvgIpc) is 3.61. The molecule has 36 heavy (non-hydrogen) atoms. The molecule has 1 aromatic heterocycles. The number of benzene rings is 3. The molecule has 6 heteroatoms. The van der Waals surface area contributed by atoms with Gasteiger partial charge in [-0.25, -0.2) is 4.98 Å². The van der Waals surface area contributed by atoms with Crippen molar-refractivity contribution in [1.82, 2.24) is 15.3 Å². The Kier molecular flexibility index (Phi) is 6.01. The van der Waals surface area contributed by atoms with E-state index in [4.69, 9.17) is 4.98 Å². The zero-order chi connectivity index (χ0) is 24.5. The van der Waals surface area contributed by atoms with E-state index in [-0.39, 0.29) is 23.8 Å². The molecule has 6 rings (SSSR count). The number of imidazole rings is 1. The van der Waals surface area contributed by atoms with E-state index in [0.29, 0.717) is 11.5 Å². The Balaban J connectivity index is 1.11. The van der Waals surface area contributed by atoms with Gasteiger partial charge in [0.15, 0.2) is 0 Å². The molecule has 2 fully saturated rings. The van der Waals surface area contributed by atoms with Crippen LogP contribution >= 0.6 is 0 Å². The predicted molar refractivity (Wildman–Crippen MR) is 142 cm³/mol. The number of carbonyl (C=O) groups excluding carboxylic acids is 2. The maximum atomic E-state index is 12.7. The van der Waals surface area contributed by atoms with Crippen molar-refractivity contribution >= 4 is 28.5 Å².